The van der Waals surface area contributed by atoms with Crippen molar-refractivity contribution < 1.29 is 9.90 Å². The zero-order chi connectivity index (χ0) is 15.1. The summed E-state index contributed by atoms with van der Waals surface area (Å²) in [5.74, 6) is -0.239. The Hall–Kier alpha value is -1.39. The standard InChI is InChI=1S/C16H26N2O2/c1-12(2)8-15(11-18(3)4)17-10-13-6-5-7-14(9-13)16(19)20/h5-7,9,12,15,17H,8,10-11H2,1-4H3,(H,19,20). The van der Waals surface area contributed by atoms with E-state index in [0.29, 0.717) is 24.1 Å². The van der Waals surface area contributed by atoms with Crippen molar-refractivity contribution in [2.75, 3.05) is 20.6 Å². The third-order valence-electron chi connectivity index (χ3n) is 3.11. The van der Waals surface area contributed by atoms with Gasteiger partial charge in [-0.2, -0.15) is 0 Å². The molecular weight excluding hydrogens is 252 g/mol. The quantitative estimate of drug-likeness (QED) is 0.767. The Kier molecular flexibility index (Phi) is 6.68. The molecule has 2 N–H and O–H groups in total. The molecule has 0 saturated carbocycles. The Morgan fingerprint density at radius 2 is 2.05 bits per heavy atom. The van der Waals surface area contributed by atoms with E-state index in [-0.39, 0.29) is 0 Å². The molecule has 1 rings (SSSR count). The van der Waals surface area contributed by atoms with Gasteiger partial charge in [-0.05, 0) is 44.1 Å². The van der Waals surface area contributed by atoms with Gasteiger partial charge in [0.25, 0.3) is 0 Å². The fourth-order valence-corrected chi connectivity index (χ4v) is 2.31. The molecule has 0 radical (unpaired) electrons. The molecule has 1 aromatic rings. The van der Waals surface area contributed by atoms with Crippen LogP contribution in [0.2, 0.25) is 0 Å². The van der Waals surface area contributed by atoms with E-state index in [0.717, 1.165) is 18.5 Å². The minimum Gasteiger partial charge on any atom is -0.478 e. The summed E-state index contributed by atoms with van der Waals surface area (Å²) in [5, 5.41) is 12.5. The molecule has 1 atom stereocenters. The van der Waals surface area contributed by atoms with Crippen molar-refractivity contribution in [3.63, 3.8) is 0 Å². The molecule has 1 unspecified atom stereocenters. The van der Waals surface area contributed by atoms with Crippen molar-refractivity contribution in [1.29, 1.82) is 0 Å². The van der Waals surface area contributed by atoms with Crippen LogP contribution in [0.4, 0.5) is 0 Å². The number of benzene rings is 1. The maximum Gasteiger partial charge on any atom is 0.335 e. The fraction of sp³-hybridized carbons (Fsp3) is 0.562. The van der Waals surface area contributed by atoms with Gasteiger partial charge in [0.05, 0.1) is 5.56 Å². The van der Waals surface area contributed by atoms with Crippen molar-refractivity contribution in [1.82, 2.24) is 10.2 Å². The Balaban J connectivity index is 2.61. The molecule has 0 fully saturated rings. The summed E-state index contributed by atoms with van der Waals surface area (Å²) >= 11 is 0. The van der Waals surface area contributed by atoms with E-state index in [1.807, 2.05) is 6.07 Å². The lowest BCUT2D eigenvalue weighted by molar-refractivity contribution is 0.0696. The van der Waals surface area contributed by atoms with Crippen LogP contribution in [0.3, 0.4) is 0 Å². The molecule has 112 valence electrons. The van der Waals surface area contributed by atoms with E-state index in [1.54, 1.807) is 18.2 Å². The van der Waals surface area contributed by atoms with Crippen LogP contribution < -0.4 is 5.32 Å². The highest BCUT2D eigenvalue weighted by Gasteiger charge is 2.12. The third kappa shape index (κ3) is 6.17. The van der Waals surface area contributed by atoms with E-state index in [4.69, 9.17) is 5.11 Å². The molecule has 0 heterocycles. The normalized spacial score (nSPS) is 12.9. The van der Waals surface area contributed by atoms with E-state index < -0.39 is 5.97 Å². The number of nitrogens with zero attached hydrogens (tertiary/aromatic N) is 1. The van der Waals surface area contributed by atoms with Gasteiger partial charge in [-0.25, -0.2) is 4.79 Å². The van der Waals surface area contributed by atoms with E-state index in [9.17, 15) is 4.79 Å². The molecule has 0 amide bonds. The van der Waals surface area contributed by atoms with Crippen LogP contribution in [-0.2, 0) is 6.54 Å². The Morgan fingerprint density at radius 3 is 2.60 bits per heavy atom. The zero-order valence-corrected chi connectivity index (χ0v) is 12.9. The summed E-state index contributed by atoms with van der Waals surface area (Å²) in [6.07, 6.45) is 1.11. The number of carboxylic acids is 1. The van der Waals surface area contributed by atoms with Crippen LogP contribution in [-0.4, -0.2) is 42.7 Å². The summed E-state index contributed by atoms with van der Waals surface area (Å²) in [6.45, 7) is 6.12. The second-order valence-electron chi connectivity index (χ2n) is 5.98. The van der Waals surface area contributed by atoms with E-state index in [2.05, 4.69) is 38.2 Å². The predicted molar refractivity (Wildman–Crippen MR) is 82.0 cm³/mol. The number of hydrogen-bond donors (Lipinski definition) is 2. The van der Waals surface area contributed by atoms with Gasteiger partial charge in [0.2, 0.25) is 0 Å². The van der Waals surface area contributed by atoms with E-state index in [1.165, 1.54) is 0 Å². The molecule has 0 aliphatic carbocycles. The molecular formula is C16H26N2O2. The highest BCUT2D eigenvalue weighted by atomic mass is 16.4. The summed E-state index contributed by atoms with van der Waals surface area (Å²) in [7, 11) is 4.14. The van der Waals surface area contributed by atoms with E-state index >= 15 is 0 Å². The zero-order valence-electron chi connectivity index (χ0n) is 12.9. The van der Waals surface area contributed by atoms with Crippen molar-refractivity contribution in [2.24, 2.45) is 5.92 Å². The maximum atomic E-state index is 11.0. The Bertz CT molecular complexity index is 420. The highest BCUT2D eigenvalue weighted by Crippen LogP contribution is 2.09. The van der Waals surface area contributed by atoms with Gasteiger partial charge in [0, 0.05) is 19.1 Å². The predicted octanol–water partition coefficient (Wildman–Crippen LogP) is 2.45. The van der Waals surface area contributed by atoms with Crippen LogP contribution >= 0.6 is 0 Å². The first kappa shape index (κ1) is 16.7. The topological polar surface area (TPSA) is 52.6 Å². The first-order valence-corrected chi connectivity index (χ1v) is 7.08. The van der Waals surface area contributed by atoms with Crippen LogP contribution in [0.1, 0.15) is 36.2 Å². The van der Waals surface area contributed by atoms with Gasteiger partial charge in [-0.15, -0.1) is 0 Å². The van der Waals surface area contributed by atoms with Crippen LogP contribution in [0.15, 0.2) is 24.3 Å². The number of nitrogens with one attached hydrogen (secondary N) is 1. The molecule has 20 heavy (non-hydrogen) atoms. The number of rotatable bonds is 8. The maximum absolute atomic E-state index is 11.0. The lowest BCUT2D eigenvalue weighted by Crippen LogP contribution is -2.38. The number of carbonyl (C=O) groups is 1. The lowest BCUT2D eigenvalue weighted by Gasteiger charge is -2.24. The molecule has 4 nitrogen and oxygen atoms in total. The van der Waals surface area contributed by atoms with Gasteiger partial charge in [-0.1, -0.05) is 26.0 Å². The van der Waals surface area contributed by atoms with Crippen LogP contribution in [0.25, 0.3) is 0 Å². The summed E-state index contributed by atoms with van der Waals surface area (Å²) in [6, 6.07) is 7.53. The molecule has 0 aliphatic heterocycles. The van der Waals surface area contributed by atoms with Crippen molar-refractivity contribution in [2.45, 2.75) is 32.9 Å². The molecule has 0 spiro atoms. The number of carboxylic acid groups (broad SMARTS) is 1. The largest absolute Gasteiger partial charge is 0.478 e. The number of hydrogen-bond acceptors (Lipinski definition) is 3. The minimum absolute atomic E-state index is 0.345. The summed E-state index contributed by atoms with van der Waals surface area (Å²) < 4.78 is 0. The van der Waals surface area contributed by atoms with Gasteiger partial charge in [-0.3, -0.25) is 0 Å². The first-order valence-electron chi connectivity index (χ1n) is 7.08. The molecule has 0 saturated heterocycles. The first-order chi connectivity index (χ1) is 9.38. The van der Waals surface area contributed by atoms with Crippen LogP contribution in [0, 0.1) is 5.92 Å². The Morgan fingerprint density at radius 1 is 1.35 bits per heavy atom. The van der Waals surface area contributed by atoms with Crippen molar-refractivity contribution in [3.8, 4) is 0 Å². The Labute approximate surface area is 121 Å². The number of aromatic carboxylic acids is 1. The van der Waals surface area contributed by atoms with Gasteiger partial charge < -0.3 is 15.3 Å². The minimum atomic E-state index is -0.876. The summed E-state index contributed by atoms with van der Waals surface area (Å²) in [4.78, 5) is 13.1. The summed E-state index contributed by atoms with van der Waals surface area (Å²) in [5.41, 5.74) is 1.36. The molecule has 0 bridgehead atoms. The molecule has 0 aromatic heterocycles. The fourth-order valence-electron chi connectivity index (χ4n) is 2.31. The SMILES string of the molecule is CC(C)CC(CN(C)C)NCc1cccc(C(=O)O)c1. The smallest absolute Gasteiger partial charge is 0.335 e. The van der Waals surface area contributed by atoms with Gasteiger partial charge in [0.15, 0.2) is 0 Å². The van der Waals surface area contributed by atoms with Gasteiger partial charge >= 0.3 is 5.97 Å². The third-order valence-corrected chi connectivity index (χ3v) is 3.11. The molecule has 0 aliphatic rings. The average Bonchev–Trinajstić information content (AvgIpc) is 2.35. The highest BCUT2D eigenvalue weighted by molar-refractivity contribution is 5.87. The monoisotopic (exact) mass is 278 g/mol. The van der Waals surface area contributed by atoms with Gasteiger partial charge in [0.1, 0.15) is 0 Å². The second kappa shape index (κ2) is 8.02. The van der Waals surface area contributed by atoms with Crippen LogP contribution in [0.5, 0.6) is 0 Å². The molecule has 1 aromatic carbocycles. The van der Waals surface area contributed by atoms with Crippen molar-refractivity contribution in [3.05, 3.63) is 35.4 Å². The second-order valence-corrected chi connectivity index (χ2v) is 5.98. The average molecular weight is 278 g/mol. The molecule has 4 heteroatoms. The van der Waals surface area contributed by atoms with Crippen molar-refractivity contribution >= 4 is 5.97 Å². The number of likely N-dealkylation sites (N-methyl/N-ethyl adjacent to an activating group) is 1. The lowest BCUT2D eigenvalue weighted by atomic mass is 10.0.